The third-order valence-corrected chi connectivity index (χ3v) is 17.7. The molecule has 13 unspecified atom stereocenters. The predicted octanol–water partition coefficient (Wildman–Crippen LogP) is 12.7. The summed E-state index contributed by atoms with van der Waals surface area (Å²) in [4.78, 5) is 0. The van der Waals surface area contributed by atoms with Gasteiger partial charge < -0.3 is 0 Å². The molecule has 43 heavy (non-hydrogen) atoms. The number of fused-ring (bicyclic) bond motifs is 11. The van der Waals surface area contributed by atoms with Gasteiger partial charge in [-0.05, 0) is 175 Å². The largest absolute Gasteiger partial charge is 0.0599 e. The molecular formula is C43H74. The average Bonchev–Trinajstić information content (AvgIpc) is 3.32. The van der Waals surface area contributed by atoms with E-state index in [4.69, 9.17) is 0 Å². The molecular weight excluding hydrogens is 516 g/mol. The molecule has 0 aromatic rings. The second-order valence-corrected chi connectivity index (χ2v) is 22.4. The Kier molecular flexibility index (Phi) is 7.53. The summed E-state index contributed by atoms with van der Waals surface area (Å²) in [5.41, 5.74) is 2.51. The summed E-state index contributed by atoms with van der Waals surface area (Å²) >= 11 is 0. The molecule has 0 saturated heterocycles. The summed E-state index contributed by atoms with van der Waals surface area (Å²) in [5, 5.41) is 0. The van der Waals surface area contributed by atoms with Crippen LogP contribution in [0.3, 0.4) is 0 Å². The van der Waals surface area contributed by atoms with E-state index in [1.165, 1.54) is 19.3 Å². The zero-order valence-electron chi connectivity index (χ0n) is 30.9. The standard InChI is InChI=1S/C43H74/c1-39(2,3)27-17-18-31-35(23-27)43(24-28(40(4,5)6)22-29(25-43)41(7,8)9)34-21-20-33-38(37(31)34)36-30-15-13-12-14-26(30)16-19-32(36)42(33,10)11/h26-38H,12-25H2,1-11H3. The van der Waals surface area contributed by atoms with Crippen molar-refractivity contribution < 1.29 is 0 Å². The molecule has 0 amide bonds. The highest BCUT2D eigenvalue weighted by Gasteiger charge is 2.71. The molecule has 0 heterocycles. The molecule has 7 aliphatic rings. The van der Waals surface area contributed by atoms with Crippen LogP contribution in [0.2, 0.25) is 0 Å². The lowest BCUT2D eigenvalue weighted by molar-refractivity contribution is -0.0825. The van der Waals surface area contributed by atoms with Crippen molar-refractivity contribution in [2.75, 3.05) is 0 Å². The lowest BCUT2D eigenvalue weighted by Crippen LogP contribution is -2.49. The fourth-order valence-corrected chi connectivity index (χ4v) is 15.4. The van der Waals surface area contributed by atoms with Crippen LogP contribution in [0.15, 0.2) is 0 Å². The number of rotatable bonds is 0. The minimum atomic E-state index is 0.429. The molecule has 0 aromatic carbocycles. The van der Waals surface area contributed by atoms with Crippen LogP contribution in [0.25, 0.3) is 0 Å². The topological polar surface area (TPSA) is 0 Å². The lowest BCUT2D eigenvalue weighted by Gasteiger charge is -2.57. The van der Waals surface area contributed by atoms with E-state index < -0.39 is 0 Å². The van der Waals surface area contributed by atoms with Gasteiger partial charge in [0.1, 0.15) is 0 Å². The van der Waals surface area contributed by atoms with E-state index >= 15 is 0 Å². The van der Waals surface area contributed by atoms with Crippen molar-refractivity contribution in [2.45, 2.75) is 166 Å². The van der Waals surface area contributed by atoms with Crippen molar-refractivity contribution >= 4 is 0 Å². The number of hydrogen-bond donors (Lipinski definition) is 0. The zero-order valence-corrected chi connectivity index (χ0v) is 30.9. The van der Waals surface area contributed by atoms with Crippen LogP contribution in [0, 0.1) is 104 Å². The zero-order chi connectivity index (χ0) is 30.9. The minimum absolute atomic E-state index is 0.429. The minimum Gasteiger partial charge on any atom is -0.0599 e. The highest BCUT2D eigenvalue weighted by Crippen LogP contribution is 2.78. The average molecular weight is 591 g/mol. The maximum Gasteiger partial charge on any atom is -0.0230 e. The summed E-state index contributed by atoms with van der Waals surface area (Å²) in [6.07, 6.45) is 21.8. The third-order valence-electron chi connectivity index (χ3n) is 17.7. The Hall–Kier alpha value is 0. The molecule has 0 bridgehead atoms. The first-order chi connectivity index (χ1) is 19.9. The van der Waals surface area contributed by atoms with Gasteiger partial charge >= 0.3 is 0 Å². The Balaban J connectivity index is 1.35. The maximum atomic E-state index is 2.80. The van der Waals surface area contributed by atoms with E-state index in [0.29, 0.717) is 27.1 Å². The monoisotopic (exact) mass is 591 g/mol. The first kappa shape index (κ1) is 31.6. The Bertz CT molecular complexity index is 1000. The van der Waals surface area contributed by atoms with Gasteiger partial charge in [-0.2, -0.15) is 0 Å². The van der Waals surface area contributed by atoms with Crippen molar-refractivity contribution in [1.29, 1.82) is 0 Å². The lowest BCUT2D eigenvalue weighted by atomic mass is 9.47. The van der Waals surface area contributed by atoms with Crippen molar-refractivity contribution in [2.24, 2.45) is 104 Å². The molecule has 0 heteroatoms. The molecule has 1 spiro atoms. The van der Waals surface area contributed by atoms with E-state index in [0.717, 1.165) is 76.9 Å². The van der Waals surface area contributed by atoms with E-state index in [9.17, 15) is 0 Å². The highest BCUT2D eigenvalue weighted by molar-refractivity contribution is 5.19. The van der Waals surface area contributed by atoms with Gasteiger partial charge in [0.25, 0.3) is 0 Å². The van der Waals surface area contributed by atoms with Gasteiger partial charge in [-0.25, -0.2) is 0 Å². The van der Waals surface area contributed by atoms with Crippen LogP contribution in [-0.2, 0) is 0 Å². The summed E-state index contributed by atoms with van der Waals surface area (Å²) in [6, 6.07) is 0. The Labute approximate surface area is 269 Å². The first-order valence-corrected chi connectivity index (χ1v) is 19.9. The fraction of sp³-hybridized carbons (Fsp3) is 1.00. The quantitative estimate of drug-likeness (QED) is 0.263. The van der Waals surface area contributed by atoms with Crippen molar-refractivity contribution in [3.63, 3.8) is 0 Å². The van der Waals surface area contributed by atoms with Crippen LogP contribution in [-0.4, -0.2) is 0 Å². The van der Waals surface area contributed by atoms with E-state index in [1.807, 2.05) is 0 Å². The molecule has 13 atom stereocenters. The Morgan fingerprint density at radius 2 is 0.977 bits per heavy atom. The van der Waals surface area contributed by atoms with E-state index in [2.05, 4.69) is 76.2 Å². The SMILES string of the molecule is CC(C)(C)C1CCC2C3C4C5C6CCCCC6CCC5C(C)(C)C4CCC3C3(CC(C(C)(C)C)CC(C(C)(C)C)C3)C2C1. The van der Waals surface area contributed by atoms with Crippen LogP contribution < -0.4 is 0 Å². The molecule has 0 aliphatic heterocycles. The molecule has 7 saturated carbocycles. The van der Waals surface area contributed by atoms with Crippen molar-refractivity contribution in [1.82, 2.24) is 0 Å². The Morgan fingerprint density at radius 1 is 0.442 bits per heavy atom. The molecule has 7 aliphatic carbocycles. The first-order valence-electron chi connectivity index (χ1n) is 19.9. The highest BCUT2D eigenvalue weighted by atomic mass is 14.8. The molecule has 0 aromatic heterocycles. The van der Waals surface area contributed by atoms with Gasteiger partial charge in [0.2, 0.25) is 0 Å². The van der Waals surface area contributed by atoms with E-state index in [-0.39, 0.29) is 0 Å². The van der Waals surface area contributed by atoms with Gasteiger partial charge in [0.05, 0.1) is 0 Å². The Morgan fingerprint density at radius 3 is 1.60 bits per heavy atom. The summed E-state index contributed by atoms with van der Waals surface area (Å²) in [6.45, 7) is 29.1. The van der Waals surface area contributed by atoms with E-state index in [1.54, 1.807) is 70.6 Å². The smallest absolute Gasteiger partial charge is 0.0230 e. The molecule has 0 radical (unpaired) electrons. The second kappa shape index (κ2) is 10.2. The van der Waals surface area contributed by atoms with Crippen molar-refractivity contribution in [3.05, 3.63) is 0 Å². The van der Waals surface area contributed by atoms with Gasteiger partial charge in [-0.1, -0.05) is 95.4 Å². The van der Waals surface area contributed by atoms with Gasteiger partial charge in [-0.15, -0.1) is 0 Å². The van der Waals surface area contributed by atoms with Crippen LogP contribution in [0.4, 0.5) is 0 Å². The summed E-state index contributed by atoms with van der Waals surface area (Å²) < 4.78 is 0. The third kappa shape index (κ3) is 4.83. The van der Waals surface area contributed by atoms with Gasteiger partial charge in [0, 0.05) is 0 Å². The molecule has 0 N–H and O–H groups in total. The molecule has 246 valence electrons. The normalized spacial score (nSPS) is 51.3. The summed E-state index contributed by atoms with van der Waals surface area (Å²) in [7, 11) is 0. The fourth-order valence-electron chi connectivity index (χ4n) is 15.4. The van der Waals surface area contributed by atoms with Crippen LogP contribution >= 0.6 is 0 Å². The summed E-state index contributed by atoms with van der Waals surface area (Å²) in [5.74, 6) is 13.2. The molecule has 0 nitrogen and oxygen atoms in total. The van der Waals surface area contributed by atoms with Crippen molar-refractivity contribution in [3.8, 4) is 0 Å². The molecule has 7 rings (SSSR count). The second-order valence-electron chi connectivity index (χ2n) is 22.4. The van der Waals surface area contributed by atoms with Gasteiger partial charge in [0.15, 0.2) is 0 Å². The molecule has 7 fully saturated rings. The van der Waals surface area contributed by atoms with Gasteiger partial charge in [-0.3, -0.25) is 0 Å². The number of hydrogen-bond acceptors (Lipinski definition) is 0. The van der Waals surface area contributed by atoms with Crippen LogP contribution in [0.5, 0.6) is 0 Å². The predicted molar refractivity (Wildman–Crippen MR) is 185 cm³/mol. The maximum absolute atomic E-state index is 2.80. The van der Waals surface area contributed by atoms with Crippen LogP contribution in [0.1, 0.15) is 166 Å².